The van der Waals surface area contributed by atoms with Crippen molar-refractivity contribution in [2.75, 3.05) is 25.4 Å². The molecule has 4 heterocycles. The first-order chi connectivity index (χ1) is 19.2. The Hall–Kier alpha value is -3.77. The molecule has 0 amide bonds. The average molecular weight is 517 g/mol. The van der Waals surface area contributed by atoms with Crippen molar-refractivity contribution in [3.05, 3.63) is 78.4 Å². The average Bonchev–Trinajstić information content (AvgIpc) is 3.63. The fraction of sp³-hybridized carbons (Fsp3) is 0.364. The molecule has 0 unspecified atom stereocenters. The van der Waals surface area contributed by atoms with E-state index in [1.165, 1.54) is 58.2 Å². The zero-order valence-electron chi connectivity index (χ0n) is 22.7. The summed E-state index contributed by atoms with van der Waals surface area (Å²) in [6.07, 6.45) is 11.5. The Labute approximate surface area is 229 Å². The molecule has 2 aromatic carbocycles. The van der Waals surface area contributed by atoms with E-state index in [9.17, 15) is 0 Å². The van der Waals surface area contributed by atoms with Gasteiger partial charge >= 0.3 is 0 Å². The van der Waals surface area contributed by atoms with Crippen molar-refractivity contribution >= 4 is 22.2 Å². The Bertz CT molecular complexity index is 1630. The van der Waals surface area contributed by atoms with Gasteiger partial charge in [0.2, 0.25) is 0 Å². The summed E-state index contributed by atoms with van der Waals surface area (Å²) in [5, 5.41) is 1.13. The smallest absolute Gasteiger partial charge is 0.150 e. The third kappa shape index (κ3) is 4.47. The van der Waals surface area contributed by atoms with Crippen LogP contribution >= 0.6 is 0 Å². The number of hydrogen-bond acceptors (Lipinski definition) is 5. The van der Waals surface area contributed by atoms with E-state index >= 15 is 0 Å². The molecule has 5 aromatic rings. The molecule has 3 aromatic heterocycles. The fourth-order valence-electron chi connectivity index (χ4n) is 6.85. The van der Waals surface area contributed by atoms with Crippen molar-refractivity contribution in [2.45, 2.75) is 51.4 Å². The maximum absolute atomic E-state index is 6.52. The highest BCUT2D eigenvalue weighted by molar-refractivity contribution is 5.94. The first-order valence-electron chi connectivity index (χ1n) is 14.5. The van der Waals surface area contributed by atoms with Gasteiger partial charge in [0.25, 0.3) is 0 Å². The predicted octanol–water partition coefficient (Wildman–Crippen LogP) is 6.87. The van der Waals surface area contributed by atoms with Crippen LogP contribution < -0.4 is 5.73 Å². The van der Waals surface area contributed by atoms with Crippen LogP contribution in [0.2, 0.25) is 0 Å². The Morgan fingerprint density at radius 2 is 1.67 bits per heavy atom. The number of nitrogen functional groups attached to an aromatic ring is 1. The second-order valence-corrected chi connectivity index (χ2v) is 11.4. The normalized spacial score (nSPS) is 20.2. The molecule has 0 radical (unpaired) electrons. The number of aromatic nitrogens is 4. The van der Waals surface area contributed by atoms with Crippen LogP contribution in [-0.2, 0) is 0 Å². The lowest BCUT2D eigenvalue weighted by atomic mass is 9.81. The molecular weight excluding hydrogens is 480 g/mol. The van der Waals surface area contributed by atoms with Crippen molar-refractivity contribution in [1.29, 1.82) is 0 Å². The highest BCUT2D eigenvalue weighted by Gasteiger charge is 2.29. The van der Waals surface area contributed by atoms with Crippen LogP contribution in [0, 0.1) is 12.8 Å². The van der Waals surface area contributed by atoms with Crippen LogP contribution in [0.3, 0.4) is 0 Å². The number of nitrogens with two attached hydrogens (primary N) is 1. The van der Waals surface area contributed by atoms with Gasteiger partial charge < -0.3 is 10.6 Å². The second kappa shape index (κ2) is 10.1. The number of pyridine rings is 1. The van der Waals surface area contributed by atoms with E-state index in [4.69, 9.17) is 15.7 Å². The Morgan fingerprint density at radius 1 is 0.897 bits per heavy atom. The molecule has 2 aliphatic rings. The molecule has 1 aliphatic carbocycles. The summed E-state index contributed by atoms with van der Waals surface area (Å²) in [6, 6.07) is 18.9. The van der Waals surface area contributed by atoms with Crippen LogP contribution in [0.4, 0.5) is 5.82 Å². The first kappa shape index (κ1) is 24.3. The number of rotatable bonds is 5. The fourth-order valence-corrected chi connectivity index (χ4v) is 6.85. The SMILES string of the molecule is Cc1c(-c2nc(C3CCC(CN4CCCC4)CC3)n3ccnc(N)c23)ccc2ccc(-c3ccccc3)nc12. The summed E-state index contributed by atoms with van der Waals surface area (Å²) in [7, 11) is 0. The van der Waals surface area contributed by atoms with Crippen LogP contribution in [0.1, 0.15) is 55.8 Å². The van der Waals surface area contributed by atoms with Gasteiger partial charge in [-0.25, -0.2) is 15.0 Å². The number of aryl methyl sites for hydroxylation is 1. The number of anilines is 1. The molecule has 2 fully saturated rings. The summed E-state index contributed by atoms with van der Waals surface area (Å²) in [6.45, 7) is 5.99. The maximum Gasteiger partial charge on any atom is 0.150 e. The predicted molar refractivity (Wildman–Crippen MR) is 159 cm³/mol. The lowest BCUT2D eigenvalue weighted by molar-refractivity contribution is 0.221. The molecule has 1 aliphatic heterocycles. The minimum atomic E-state index is 0.437. The molecule has 0 atom stereocenters. The zero-order chi connectivity index (χ0) is 26.3. The lowest BCUT2D eigenvalue weighted by Crippen LogP contribution is -2.29. The van der Waals surface area contributed by atoms with Crippen molar-refractivity contribution in [2.24, 2.45) is 5.92 Å². The van der Waals surface area contributed by atoms with Gasteiger partial charge in [-0.05, 0) is 76.1 Å². The number of likely N-dealkylation sites (tertiary alicyclic amines) is 1. The van der Waals surface area contributed by atoms with E-state index in [0.29, 0.717) is 11.7 Å². The van der Waals surface area contributed by atoms with E-state index in [0.717, 1.165) is 56.2 Å². The molecule has 39 heavy (non-hydrogen) atoms. The van der Waals surface area contributed by atoms with Crippen molar-refractivity contribution in [1.82, 2.24) is 24.3 Å². The summed E-state index contributed by atoms with van der Waals surface area (Å²) in [4.78, 5) is 17.6. The minimum Gasteiger partial charge on any atom is -0.382 e. The summed E-state index contributed by atoms with van der Waals surface area (Å²) in [5.74, 6) is 2.90. The minimum absolute atomic E-state index is 0.437. The molecular formula is C33H36N6. The molecule has 0 spiro atoms. The van der Waals surface area contributed by atoms with Crippen molar-refractivity contribution in [3.63, 3.8) is 0 Å². The van der Waals surface area contributed by atoms with Crippen molar-refractivity contribution in [3.8, 4) is 22.5 Å². The largest absolute Gasteiger partial charge is 0.382 e. The Balaban J connectivity index is 1.26. The number of hydrogen-bond donors (Lipinski definition) is 1. The highest BCUT2D eigenvalue weighted by Crippen LogP contribution is 2.40. The lowest BCUT2D eigenvalue weighted by Gasteiger charge is -2.30. The monoisotopic (exact) mass is 516 g/mol. The van der Waals surface area contributed by atoms with E-state index in [2.05, 4.69) is 69.7 Å². The van der Waals surface area contributed by atoms with Crippen LogP contribution in [-0.4, -0.2) is 43.9 Å². The van der Waals surface area contributed by atoms with E-state index in [1.54, 1.807) is 6.20 Å². The first-order valence-corrected chi connectivity index (χ1v) is 14.5. The van der Waals surface area contributed by atoms with Gasteiger partial charge in [0.15, 0.2) is 0 Å². The third-order valence-corrected chi connectivity index (χ3v) is 8.98. The molecule has 7 rings (SSSR count). The van der Waals surface area contributed by atoms with Gasteiger partial charge in [0.05, 0.1) is 11.2 Å². The van der Waals surface area contributed by atoms with Crippen LogP contribution in [0.15, 0.2) is 67.0 Å². The van der Waals surface area contributed by atoms with E-state index < -0.39 is 0 Å². The zero-order valence-corrected chi connectivity index (χ0v) is 22.7. The van der Waals surface area contributed by atoms with E-state index in [-0.39, 0.29) is 0 Å². The quantitative estimate of drug-likeness (QED) is 0.276. The van der Waals surface area contributed by atoms with Crippen molar-refractivity contribution < 1.29 is 0 Å². The standard InChI is InChI=1S/C33H36N6/c1-22-27(15-13-25-14-16-28(36-29(22)25)24-7-3-2-4-8-24)30-31-32(34)35-17-20-39(31)33(37-30)26-11-9-23(10-12-26)21-38-18-5-6-19-38/h2-4,7-8,13-17,20,23,26H,5-6,9-12,18-19,21H2,1H3,(H2,34,35). The summed E-state index contributed by atoms with van der Waals surface area (Å²) >= 11 is 0. The van der Waals surface area contributed by atoms with Gasteiger partial charge in [-0.1, -0.05) is 48.5 Å². The number of benzene rings is 2. The van der Waals surface area contributed by atoms with Crippen LogP contribution in [0.25, 0.3) is 38.9 Å². The number of nitrogens with zero attached hydrogens (tertiary/aromatic N) is 5. The number of imidazole rings is 1. The molecule has 0 bridgehead atoms. The third-order valence-electron chi connectivity index (χ3n) is 8.98. The maximum atomic E-state index is 6.52. The molecule has 2 N–H and O–H groups in total. The summed E-state index contributed by atoms with van der Waals surface area (Å²) < 4.78 is 2.21. The molecule has 1 saturated carbocycles. The van der Waals surface area contributed by atoms with Crippen LogP contribution in [0.5, 0.6) is 0 Å². The van der Waals surface area contributed by atoms with Gasteiger partial charge in [-0.3, -0.25) is 4.40 Å². The number of fused-ring (bicyclic) bond motifs is 2. The van der Waals surface area contributed by atoms with Gasteiger partial charge in [0.1, 0.15) is 22.9 Å². The molecule has 1 saturated heterocycles. The summed E-state index contributed by atoms with van der Waals surface area (Å²) in [5.41, 5.74) is 13.6. The van der Waals surface area contributed by atoms with Gasteiger partial charge in [0, 0.05) is 41.4 Å². The highest BCUT2D eigenvalue weighted by atomic mass is 15.1. The second-order valence-electron chi connectivity index (χ2n) is 11.4. The van der Waals surface area contributed by atoms with E-state index in [1.807, 2.05) is 12.3 Å². The van der Waals surface area contributed by atoms with Gasteiger partial charge in [-0.2, -0.15) is 0 Å². The topological polar surface area (TPSA) is 72.3 Å². The Kier molecular flexibility index (Phi) is 6.28. The molecule has 198 valence electrons. The Morgan fingerprint density at radius 3 is 2.46 bits per heavy atom. The molecule has 6 nitrogen and oxygen atoms in total. The van der Waals surface area contributed by atoms with Gasteiger partial charge in [-0.15, -0.1) is 0 Å². The molecule has 6 heteroatoms.